The smallest absolute Gasteiger partial charge is 0.306 e. The van der Waals surface area contributed by atoms with E-state index in [1.165, 1.54) is 212 Å². The van der Waals surface area contributed by atoms with Gasteiger partial charge in [-0.25, -0.2) is 0 Å². The van der Waals surface area contributed by atoms with Crippen molar-refractivity contribution in [2.45, 2.75) is 337 Å². The van der Waals surface area contributed by atoms with Gasteiger partial charge in [0.25, 0.3) is 0 Å². The van der Waals surface area contributed by atoms with Gasteiger partial charge in [0.05, 0.1) is 0 Å². The maximum Gasteiger partial charge on any atom is 0.306 e. The molecule has 0 rings (SSSR count). The molecular formula is C60H116O6. The fraction of sp³-hybridized carbons (Fsp3) is 0.950. The van der Waals surface area contributed by atoms with Crippen LogP contribution in [0, 0.1) is 17.8 Å². The van der Waals surface area contributed by atoms with E-state index in [9.17, 15) is 14.4 Å². The summed E-state index contributed by atoms with van der Waals surface area (Å²) in [5.74, 6) is 1.67. The second-order valence-corrected chi connectivity index (χ2v) is 22.1. The van der Waals surface area contributed by atoms with E-state index in [4.69, 9.17) is 14.2 Å². The van der Waals surface area contributed by atoms with E-state index in [1.807, 2.05) is 0 Å². The maximum atomic E-state index is 12.9. The average Bonchev–Trinajstić information content (AvgIpc) is 3.28. The molecule has 0 amide bonds. The van der Waals surface area contributed by atoms with Crippen molar-refractivity contribution < 1.29 is 28.6 Å². The molecule has 0 heterocycles. The van der Waals surface area contributed by atoms with Gasteiger partial charge in [0, 0.05) is 19.3 Å². The summed E-state index contributed by atoms with van der Waals surface area (Å²) in [5, 5.41) is 0. The van der Waals surface area contributed by atoms with Crippen molar-refractivity contribution in [3.63, 3.8) is 0 Å². The maximum absolute atomic E-state index is 12.9. The van der Waals surface area contributed by atoms with Crippen LogP contribution in [-0.4, -0.2) is 37.2 Å². The molecule has 0 N–H and O–H groups in total. The normalized spacial score (nSPS) is 12.1. The van der Waals surface area contributed by atoms with Crippen LogP contribution in [0.2, 0.25) is 0 Å². The van der Waals surface area contributed by atoms with Crippen molar-refractivity contribution >= 4 is 17.9 Å². The van der Waals surface area contributed by atoms with Gasteiger partial charge < -0.3 is 14.2 Å². The Labute approximate surface area is 412 Å². The number of carbonyl (C=O) groups excluding carboxylic acids is 3. The lowest BCUT2D eigenvalue weighted by atomic mass is 10.0. The third-order valence-corrected chi connectivity index (χ3v) is 13.6. The van der Waals surface area contributed by atoms with E-state index in [-0.39, 0.29) is 31.1 Å². The van der Waals surface area contributed by atoms with Crippen molar-refractivity contribution in [3.05, 3.63) is 0 Å². The highest BCUT2D eigenvalue weighted by atomic mass is 16.6. The van der Waals surface area contributed by atoms with E-state index in [1.54, 1.807) is 0 Å². The molecule has 0 aliphatic carbocycles. The third kappa shape index (κ3) is 53.4. The quantitative estimate of drug-likeness (QED) is 0.0343. The van der Waals surface area contributed by atoms with Crippen LogP contribution in [0.25, 0.3) is 0 Å². The number of hydrogen-bond acceptors (Lipinski definition) is 6. The Bertz CT molecular complexity index is 1020. The summed E-state index contributed by atoms with van der Waals surface area (Å²) >= 11 is 0. The molecule has 0 radical (unpaired) electrons. The Balaban J connectivity index is 4.29. The first-order valence-corrected chi connectivity index (χ1v) is 29.6. The largest absolute Gasteiger partial charge is 0.462 e. The van der Waals surface area contributed by atoms with Gasteiger partial charge in [-0.1, -0.05) is 292 Å². The van der Waals surface area contributed by atoms with Crippen molar-refractivity contribution in [1.82, 2.24) is 0 Å². The molecule has 66 heavy (non-hydrogen) atoms. The Morgan fingerprint density at radius 3 is 0.652 bits per heavy atom. The van der Waals surface area contributed by atoms with Gasteiger partial charge in [0.2, 0.25) is 0 Å². The third-order valence-electron chi connectivity index (χ3n) is 13.6. The summed E-state index contributed by atoms with van der Waals surface area (Å²) in [6.45, 7) is 13.8. The van der Waals surface area contributed by atoms with Gasteiger partial charge in [0.1, 0.15) is 13.2 Å². The number of ether oxygens (including phenoxy) is 3. The Hall–Kier alpha value is -1.59. The molecule has 0 saturated carbocycles. The van der Waals surface area contributed by atoms with Gasteiger partial charge in [-0.3, -0.25) is 14.4 Å². The molecule has 0 bridgehead atoms. The van der Waals surface area contributed by atoms with Gasteiger partial charge in [-0.05, 0) is 37.0 Å². The summed E-state index contributed by atoms with van der Waals surface area (Å²) < 4.78 is 16.9. The van der Waals surface area contributed by atoms with Crippen LogP contribution in [0.4, 0.5) is 0 Å². The average molecular weight is 934 g/mol. The predicted molar refractivity (Wildman–Crippen MR) is 284 cm³/mol. The van der Waals surface area contributed by atoms with E-state index >= 15 is 0 Å². The van der Waals surface area contributed by atoms with Gasteiger partial charge in [0.15, 0.2) is 6.10 Å². The summed E-state index contributed by atoms with van der Waals surface area (Å²) in [7, 11) is 0. The first-order valence-electron chi connectivity index (χ1n) is 29.6. The lowest BCUT2D eigenvalue weighted by Gasteiger charge is -2.18. The van der Waals surface area contributed by atoms with Gasteiger partial charge >= 0.3 is 17.9 Å². The Kier molecular flexibility index (Phi) is 50.0. The predicted octanol–water partition coefficient (Wildman–Crippen LogP) is 19.5. The van der Waals surface area contributed by atoms with Crippen LogP contribution < -0.4 is 0 Å². The fourth-order valence-electron chi connectivity index (χ4n) is 9.18. The second kappa shape index (κ2) is 51.3. The summed E-state index contributed by atoms with van der Waals surface area (Å²) in [6, 6.07) is 0. The summed E-state index contributed by atoms with van der Waals surface area (Å²) in [5.41, 5.74) is 0. The molecular weight excluding hydrogens is 817 g/mol. The number of rotatable bonds is 53. The SMILES string of the molecule is CC(C)CCCCCCCCCCCCCCCCCC(=O)OC[C@@H](COC(=O)CCCCCCCCCCCCCCCC(C)C)OC(=O)CCCCCCCCCCCCCC(C)C. The molecule has 0 aromatic rings. The minimum absolute atomic E-state index is 0.0633. The van der Waals surface area contributed by atoms with E-state index in [0.29, 0.717) is 19.3 Å². The van der Waals surface area contributed by atoms with Gasteiger partial charge in [-0.15, -0.1) is 0 Å². The monoisotopic (exact) mass is 933 g/mol. The summed E-state index contributed by atoms with van der Waals surface area (Å²) in [6.07, 6.45) is 53.8. The Morgan fingerprint density at radius 1 is 0.258 bits per heavy atom. The molecule has 6 heteroatoms. The van der Waals surface area contributed by atoms with Crippen LogP contribution in [0.1, 0.15) is 330 Å². The van der Waals surface area contributed by atoms with Crippen LogP contribution in [0.15, 0.2) is 0 Å². The zero-order chi connectivity index (χ0) is 48.4. The Morgan fingerprint density at radius 2 is 0.439 bits per heavy atom. The number of esters is 3. The van der Waals surface area contributed by atoms with E-state index in [2.05, 4.69) is 41.5 Å². The molecule has 0 fully saturated rings. The standard InChI is InChI=1S/C60H116O6/c1-54(2)46-40-34-28-22-16-11-8-7-9-13-19-25-31-37-43-49-58(61)64-52-57(66-60(63)51-45-39-33-27-21-15-18-24-30-36-42-48-56(5)6)53-65-59(62)50-44-38-32-26-20-14-10-12-17-23-29-35-41-47-55(3)4/h54-57H,7-53H2,1-6H3/t57-/m0/s1. The zero-order valence-electron chi connectivity index (χ0n) is 45.5. The van der Waals surface area contributed by atoms with Crippen LogP contribution in [0.3, 0.4) is 0 Å². The summed E-state index contributed by atoms with van der Waals surface area (Å²) in [4.78, 5) is 38.2. The lowest BCUT2D eigenvalue weighted by Crippen LogP contribution is -2.30. The molecule has 0 aromatic heterocycles. The van der Waals surface area contributed by atoms with E-state index < -0.39 is 6.10 Å². The first-order chi connectivity index (χ1) is 32.1. The number of carbonyl (C=O) groups is 3. The minimum atomic E-state index is -0.764. The highest BCUT2D eigenvalue weighted by Gasteiger charge is 2.19. The van der Waals surface area contributed by atoms with Crippen LogP contribution >= 0.6 is 0 Å². The van der Waals surface area contributed by atoms with Crippen molar-refractivity contribution in [2.75, 3.05) is 13.2 Å². The topological polar surface area (TPSA) is 78.9 Å². The first kappa shape index (κ1) is 64.4. The van der Waals surface area contributed by atoms with Crippen molar-refractivity contribution in [2.24, 2.45) is 17.8 Å². The van der Waals surface area contributed by atoms with Crippen LogP contribution in [0.5, 0.6) is 0 Å². The number of unbranched alkanes of at least 4 members (excludes halogenated alkanes) is 36. The highest BCUT2D eigenvalue weighted by molar-refractivity contribution is 5.71. The van der Waals surface area contributed by atoms with E-state index in [0.717, 1.165) is 75.5 Å². The molecule has 392 valence electrons. The van der Waals surface area contributed by atoms with Crippen molar-refractivity contribution in [1.29, 1.82) is 0 Å². The second-order valence-electron chi connectivity index (χ2n) is 22.1. The fourth-order valence-corrected chi connectivity index (χ4v) is 9.18. The molecule has 0 aliphatic heterocycles. The molecule has 1 atom stereocenters. The lowest BCUT2D eigenvalue weighted by molar-refractivity contribution is -0.167. The molecule has 6 nitrogen and oxygen atoms in total. The zero-order valence-corrected chi connectivity index (χ0v) is 45.5. The number of hydrogen-bond donors (Lipinski definition) is 0. The van der Waals surface area contributed by atoms with Gasteiger partial charge in [-0.2, -0.15) is 0 Å². The van der Waals surface area contributed by atoms with Crippen LogP contribution in [-0.2, 0) is 28.6 Å². The highest BCUT2D eigenvalue weighted by Crippen LogP contribution is 2.19. The molecule has 0 spiro atoms. The molecule has 0 aromatic carbocycles. The molecule has 0 saturated heterocycles. The minimum Gasteiger partial charge on any atom is -0.462 e. The molecule has 0 unspecified atom stereocenters. The van der Waals surface area contributed by atoms with Crippen molar-refractivity contribution in [3.8, 4) is 0 Å². The molecule has 0 aliphatic rings.